The van der Waals surface area contributed by atoms with E-state index in [0.717, 1.165) is 9.88 Å². The fourth-order valence-electron chi connectivity index (χ4n) is 1.43. The summed E-state index contributed by atoms with van der Waals surface area (Å²) in [6, 6.07) is 3.73. The van der Waals surface area contributed by atoms with E-state index in [1.165, 1.54) is 11.3 Å². The smallest absolute Gasteiger partial charge is 0.271 e. The largest absolute Gasteiger partial charge is 0.394 e. The van der Waals surface area contributed by atoms with E-state index in [4.69, 9.17) is 5.11 Å². The van der Waals surface area contributed by atoms with E-state index in [0.29, 0.717) is 12.1 Å². The van der Waals surface area contributed by atoms with Gasteiger partial charge in [0.1, 0.15) is 10.7 Å². The molecule has 96 valence electrons. The van der Waals surface area contributed by atoms with Crippen LogP contribution < -0.4 is 5.32 Å². The lowest BCUT2D eigenvalue weighted by Crippen LogP contribution is -2.37. The standard InChI is InChI=1S/C12H14N2O2S2/c1-2-8(6-15)13-11(16)9-7-18-12(14-9)10-4-3-5-17-10/h3-5,7-8,15H,2,6H2,1H3,(H,13,16). The Labute approximate surface area is 113 Å². The van der Waals surface area contributed by atoms with Crippen LogP contribution in [0.2, 0.25) is 0 Å². The number of aliphatic hydroxyl groups excluding tert-OH is 1. The summed E-state index contributed by atoms with van der Waals surface area (Å²) >= 11 is 3.05. The number of nitrogens with one attached hydrogen (secondary N) is 1. The molecule has 0 spiro atoms. The highest BCUT2D eigenvalue weighted by Gasteiger charge is 2.15. The summed E-state index contributed by atoms with van der Waals surface area (Å²) in [6.07, 6.45) is 0.699. The minimum Gasteiger partial charge on any atom is -0.394 e. The van der Waals surface area contributed by atoms with Crippen LogP contribution in [0.3, 0.4) is 0 Å². The van der Waals surface area contributed by atoms with Crippen LogP contribution in [-0.2, 0) is 0 Å². The Bertz CT molecular complexity index is 504. The van der Waals surface area contributed by atoms with Crippen molar-refractivity contribution in [3.63, 3.8) is 0 Å². The van der Waals surface area contributed by atoms with E-state index < -0.39 is 0 Å². The van der Waals surface area contributed by atoms with Gasteiger partial charge in [0.25, 0.3) is 5.91 Å². The molecule has 0 saturated carbocycles. The summed E-state index contributed by atoms with van der Waals surface area (Å²) in [6.45, 7) is 1.86. The Morgan fingerprint density at radius 2 is 2.39 bits per heavy atom. The number of rotatable bonds is 5. The molecular weight excluding hydrogens is 268 g/mol. The van der Waals surface area contributed by atoms with Gasteiger partial charge in [-0.3, -0.25) is 4.79 Å². The third-order valence-corrected chi connectivity index (χ3v) is 4.40. The van der Waals surface area contributed by atoms with Crippen molar-refractivity contribution in [1.29, 1.82) is 0 Å². The molecule has 1 amide bonds. The van der Waals surface area contributed by atoms with Crippen molar-refractivity contribution in [2.45, 2.75) is 19.4 Å². The number of thiophene rings is 1. The Morgan fingerprint density at radius 3 is 3.00 bits per heavy atom. The second-order valence-corrected chi connectivity index (χ2v) is 5.58. The fourth-order valence-corrected chi connectivity index (χ4v) is 3.04. The van der Waals surface area contributed by atoms with Crippen molar-refractivity contribution < 1.29 is 9.90 Å². The number of aromatic nitrogens is 1. The van der Waals surface area contributed by atoms with Gasteiger partial charge in [-0.25, -0.2) is 4.98 Å². The molecular formula is C12H14N2O2S2. The SMILES string of the molecule is CCC(CO)NC(=O)c1csc(-c2cccs2)n1. The molecule has 4 nitrogen and oxygen atoms in total. The van der Waals surface area contributed by atoms with Crippen LogP contribution in [0.1, 0.15) is 23.8 Å². The Morgan fingerprint density at radius 1 is 1.56 bits per heavy atom. The molecule has 0 bridgehead atoms. The van der Waals surface area contributed by atoms with Gasteiger partial charge in [-0.15, -0.1) is 22.7 Å². The first-order chi connectivity index (χ1) is 8.74. The van der Waals surface area contributed by atoms with Crippen molar-refractivity contribution in [1.82, 2.24) is 10.3 Å². The first-order valence-corrected chi connectivity index (χ1v) is 7.41. The molecule has 6 heteroatoms. The summed E-state index contributed by atoms with van der Waals surface area (Å²) in [7, 11) is 0. The van der Waals surface area contributed by atoms with Gasteiger partial charge in [0.15, 0.2) is 0 Å². The molecule has 2 N–H and O–H groups in total. The van der Waals surface area contributed by atoms with Crippen molar-refractivity contribution in [2.24, 2.45) is 0 Å². The maximum absolute atomic E-state index is 11.9. The maximum Gasteiger partial charge on any atom is 0.271 e. The fraction of sp³-hybridized carbons (Fsp3) is 0.333. The zero-order chi connectivity index (χ0) is 13.0. The van der Waals surface area contributed by atoms with Crippen LogP contribution in [0.4, 0.5) is 0 Å². The quantitative estimate of drug-likeness (QED) is 0.885. The topological polar surface area (TPSA) is 62.2 Å². The van der Waals surface area contributed by atoms with E-state index in [-0.39, 0.29) is 18.6 Å². The van der Waals surface area contributed by atoms with E-state index >= 15 is 0 Å². The number of hydrogen-bond acceptors (Lipinski definition) is 5. The summed E-state index contributed by atoms with van der Waals surface area (Å²) in [5, 5.41) is 16.4. The molecule has 0 aliphatic heterocycles. The van der Waals surface area contributed by atoms with Gasteiger partial charge in [-0.1, -0.05) is 13.0 Å². The summed E-state index contributed by atoms with van der Waals surface area (Å²) in [5.41, 5.74) is 0.412. The highest BCUT2D eigenvalue weighted by molar-refractivity contribution is 7.20. The molecule has 2 aromatic rings. The molecule has 2 aromatic heterocycles. The second kappa shape index (κ2) is 6.08. The minimum atomic E-state index is -0.227. The lowest BCUT2D eigenvalue weighted by molar-refractivity contribution is 0.0910. The van der Waals surface area contributed by atoms with Gasteiger partial charge >= 0.3 is 0 Å². The Hall–Kier alpha value is -1.24. The van der Waals surface area contributed by atoms with E-state index in [1.807, 2.05) is 24.4 Å². The van der Waals surface area contributed by atoms with Crippen LogP contribution in [0.25, 0.3) is 9.88 Å². The number of amides is 1. The summed E-state index contributed by atoms with van der Waals surface area (Å²) in [5.74, 6) is -0.227. The molecule has 0 aliphatic carbocycles. The van der Waals surface area contributed by atoms with E-state index in [1.54, 1.807) is 16.7 Å². The predicted octanol–water partition coefficient (Wildman–Crippen LogP) is 2.37. The Kier molecular flexibility index (Phi) is 4.46. The third kappa shape index (κ3) is 2.95. The number of carbonyl (C=O) groups is 1. The van der Waals surface area contributed by atoms with Gasteiger partial charge in [0.05, 0.1) is 17.5 Å². The van der Waals surface area contributed by atoms with Crippen LogP contribution >= 0.6 is 22.7 Å². The second-order valence-electron chi connectivity index (χ2n) is 3.78. The maximum atomic E-state index is 11.9. The first-order valence-electron chi connectivity index (χ1n) is 5.65. The van der Waals surface area contributed by atoms with Crippen molar-refractivity contribution in [3.8, 4) is 9.88 Å². The molecule has 0 radical (unpaired) electrons. The van der Waals surface area contributed by atoms with Gasteiger partial charge in [0.2, 0.25) is 0 Å². The summed E-state index contributed by atoms with van der Waals surface area (Å²) < 4.78 is 0. The highest BCUT2D eigenvalue weighted by Crippen LogP contribution is 2.27. The van der Waals surface area contributed by atoms with Crippen LogP contribution in [-0.4, -0.2) is 28.6 Å². The first kappa shape index (κ1) is 13.2. The molecule has 0 fully saturated rings. The van der Waals surface area contributed by atoms with Crippen LogP contribution in [0.5, 0.6) is 0 Å². The van der Waals surface area contributed by atoms with Gasteiger partial charge in [-0.05, 0) is 17.9 Å². The van der Waals surface area contributed by atoms with Crippen molar-refractivity contribution in [2.75, 3.05) is 6.61 Å². The molecule has 2 heterocycles. The monoisotopic (exact) mass is 282 g/mol. The van der Waals surface area contributed by atoms with E-state index in [9.17, 15) is 4.79 Å². The zero-order valence-electron chi connectivity index (χ0n) is 9.92. The molecule has 0 saturated heterocycles. The average molecular weight is 282 g/mol. The lowest BCUT2D eigenvalue weighted by atomic mass is 10.2. The zero-order valence-corrected chi connectivity index (χ0v) is 11.6. The van der Waals surface area contributed by atoms with Gasteiger partial charge in [0, 0.05) is 5.38 Å². The summed E-state index contributed by atoms with van der Waals surface area (Å²) in [4.78, 5) is 17.3. The number of aliphatic hydroxyl groups is 1. The molecule has 1 unspecified atom stereocenters. The Balaban J connectivity index is 2.08. The molecule has 0 aromatic carbocycles. The predicted molar refractivity (Wildman–Crippen MR) is 74.1 cm³/mol. The number of thiazole rings is 1. The normalized spacial score (nSPS) is 12.3. The number of carbonyl (C=O) groups excluding carboxylic acids is 1. The van der Waals surface area contributed by atoms with Crippen molar-refractivity contribution in [3.05, 3.63) is 28.6 Å². The van der Waals surface area contributed by atoms with Gasteiger partial charge < -0.3 is 10.4 Å². The van der Waals surface area contributed by atoms with Crippen LogP contribution in [0, 0.1) is 0 Å². The molecule has 18 heavy (non-hydrogen) atoms. The molecule has 2 rings (SSSR count). The van der Waals surface area contributed by atoms with Crippen molar-refractivity contribution >= 4 is 28.6 Å². The lowest BCUT2D eigenvalue weighted by Gasteiger charge is -2.12. The molecule has 1 atom stereocenters. The van der Waals surface area contributed by atoms with Crippen LogP contribution in [0.15, 0.2) is 22.9 Å². The number of hydrogen-bond donors (Lipinski definition) is 2. The minimum absolute atomic E-state index is 0.0514. The number of nitrogens with zero attached hydrogens (tertiary/aromatic N) is 1. The highest BCUT2D eigenvalue weighted by atomic mass is 32.1. The van der Waals surface area contributed by atoms with E-state index in [2.05, 4.69) is 10.3 Å². The molecule has 0 aliphatic rings. The van der Waals surface area contributed by atoms with Gasteiger partial charge in [-0.2, -0.15) is 0 Å². The average Bonchev–Trinajstić information content (AvgIpc) is 3.04. The third-order valence-electron chi connectivity index (χ3n) is 2.52.